The van der Waals surface area contributed by atoms with E-state index in [0.29, 0.717) is 32.5 Å². The van der Waals surface area contributed by atoms with Crippen molar-refractivity contribution < 1.29 is 14.3 Å². The number of aryl methyl sites for hydroxylation is 2. The number of carbonyl (C=O) groups is 2. The molecule has 3 heterocycles. The Balaban J connectivity index is 1.35. The molecule has 1 N–H and O–H groups in total. The van der Waals surface area contributed by atoms with Crippen molar-refractivity contribution in [2.45, 2.75) is 39.3 Å². The number of hydrogen-bond acceptors (Lipinski definition) is 5. The number of ether oxygens (including phenoxy) is 1. The molecule has 6 nitrogen and oxygen atoms in total. The van der Waals surface area contributed by atoms with E-state index in [2.05, 4.69) is 10.3 Å². The van der Waals surface area contributed by atoms with Gasteiger partial charge in [0.25, 0.3) is 0 Å². The third-order valence-electron chi connectivity index (χ3n) is 6.12. The molecule has 7 heteroatoms. The van der Waals surface area contributed by atoms with Gasteiger partial charge in [-0.1, -0.05) is 18.2 Å². The first-order chi connectivity index (χ1) is 16.5. The number of fused-ring (bicyclic) bond motifs is 1. The van der Waals surface area contributed by atoms with Crippen LogP contribution >= 0.6 is 11.3 Å². The number of amides is 2. The van der Waals surface area contributed by atoms with E-state index >= 15 is 0 Å². The van der Waals surface area contributed by atoms with Gasteiger partial charge in [0.1, 0.15) is 5.75 Å². The summed E-state index contributed by atoms with van der Waals surface area (Å²) in [6.07, 6.45) is 7.20. The molecule has 0 bridgehead atoms. The minimum Gasteiger partial charge on any atom is -0.497 e. The Morgan fingerprint density at radius 1 is 1.24 bits per heavy atom. The lowest BCUT2D eigenvalue weighted by Gasteiger charge is -2.30. The normalized spacial score (nSPS) is 13.1. The second-order valence-corrected chi connectivity index (χ2v) is 9.29. The van der Waals surface area contributed by atoms with Crippen LogP contribution in [-0.4, -0.2) is 35.4 Å². The lowest BCUT2D eigenvalue weighted by Crippen LogP contribution is -2.37. The largest absolute Gasteiger partial charge is 0.497 e. The molecule has 0 radical (unpaired) electrons. The number of carbonyl (C=O) groups excluding carboxylic acids is 2. The summed E-state index contributed by atoms with van der Waals surface area (Å²) in [6, 6.07) is 11.8. The average molecular weight is 476 g/mol. The molecular formula is C27H29N3O3S. The van der Waals surface area contributed by atoms with Crippen LogP contribution in [0.25, 0.3) is 6.08 Å². The van der Waals surface area contributed by atoms with Crippen molar-refractivity contribution in [1.82, 2.24) is 15.2 Å². The van der Waals surface area contributed by atoms with Crippen molar-refractivity contribution in [2.24, 2.45) is 0 Å². The van der Waals surface area contributed by atoms with Gasteiger partial charge in [0.2, 0.25) is 11.8 Å². The number of benzene rings is 1. The maximum absolute atomic E-state index is 12.9. The Morgan fingerprint density at radius 2 is 2.06 bits per heavy atom. The SMILES string of the molecule is COc1ccc(CCC(=O)N2CCc3c(cnc(C)c3CNC(=O)/C=C/c3cccs3)C2)cc1. The molecule has 1 aliphatic rings. The summed E-state index contributed by atoms with van der Waals surface area (Å²) in [7, 11) is 1.64. The summed E-state index contributed by atoms with van der Waals surface area (Å²) in [5.41, 5.74) is 5.36. The summed E-state index contributed by atoms with van der Waals surface area (Å²) in [5.74, 6) is 0.836. The number of nitrogens with one attached hydrogen (secondary N) is 1. The second-order valence-electron chi connectivity index (χ2n) is 8.31. The number of nitrogens with zero attached hydrogens (tertiary/aromatic N) is 2. The third-order valence-corrected chi connectivity index (χ3v) is 6.95. The van der Waals surface area contributed by atoms with E-state index in [4.69, 9.17) is 4.74 Å². The van der Waals surface area contributed by atoms with Gasteiger partial charge in [0.15, 0.2) is 0 Å². The van der Waals surface area contributed by atoms with Crippen LogP contribution < -0.4 is 10.1 Å². The molecule has 2 aromatic heterocycles. The molecule has 0 fully saturated rings. The average Bonchev–Trinajstić information content (AvgIpc) is 3.39. The van der Waals surface area contributed by atoms with E-state index in [1.807, 2.05) is 65.9 Å². The molecule has 4 rings (SSSR count). The van der Waals surface area contributed by atoms with Crippen LogP contribution in [0, 0.1) is 6.92 Å². The van der Waals surface area contributed by atoms with E-state index in [1.165, 1.54) is 5.56 Å². The Kier molecular flexibility index (Phi) is 7.75. The standard InChI is InChI=1S/C27H29N3O3S/c1-19-25(17-29-26(31)11-10-23-4-3-15-34-23)24-13-14-30(18-21(24)16-28-19)27(32)12-7-20-5-8-22(33-2)9-6-20/h3-6,8-11,15-16H,7,12-14,17-18H2,1-2H3,(H,29,31)/b11-10+. The van der Waals surface area contributed by atoms with Gasteiger partial charge in [0.05, 0.1) is 7.11 Å². The highest BCUT2D eigenvalue weighted by molar-refractivity contribution is 7.10. The van der Waals surface area contributed by atoms with E-state index in [9.17, 15) is 9.59 Å². The Bertz CT molecular complexity index is 1170. The maximum Gasteiger partial charge on any atom is 0.244 e. The Morgan fingerprint density at radius 3 is 2.79 bits per heavy atom. The van der Waals surface area contributed by atoms with E-state index in [0.717, 1.165) is 39.4 Å². The lowest BCUT2D eigenvalue weighted by molar-refractivity contribution is -0.132. The van der Waals surface area contributed by atoms with Gasteiger partial charge < -0.3 is 15.0 Å². The van der Waals surface area contributed by atoms with Gasteiger partial charge in [0, 0.05) is 48.9 Å². The molecule has 176 valence electrons. The van der Waals surface area contributed by atoms with Crippen LogP contribution in [0.3, 0.4) is 0 Å². The summed E-state index contributed by atoms with van der Waals surface area (Å²) >= 11 is 1.59. The number of thiophene rings is 1. The first-order valence-electron chi connectivity index (χ1n) is 11.4. The van der Waals surface area contributed by atoms with Crippen LogP contribution in [0.15, 0.2) is 54.1 Å². The van der Waals surface area contributed by atoms with Gasteiger partial charge >= 0.3 is 0 Å². The first-order valence-corrected chi connectivity index (χ1v) is 12.3. The van der Waals surface area contributed by atoms with Gasteiger partial charge in [-0.15, -0.1) is 11.3 Å². The first kappa shape index (κ1) is 23.7. The predicted molar refractivity (Wildman–Crippen MR) is 135 cm³/mol. The maximum atomic E-state index is 12.9. The number of aromatic nitrogens is 1. The number of hydrogen-bond donors (Lipinski definition) is 1. The lowest BCUT2D eigenvalue weighted by atomic mass is 9.94. The van der Waals surface area contributed by atoms with E-state index in [1.54, 1.807) is 24.5 Å². The van der Waals surface area contributed by atoms with Crippen LogP contribution in [-0.2, 0) is 35.5 Å². The van der Waals surface area contributed by atoms with Crippen molar-refractivity contribution in [3.63, 3.8) is 0 Å². The highest BCUT2D eigenvalue weighted by atomic mass is 32.1. The molecule has 0 saturated heterocycles. The Hall–Kier alpha value is -3.45. The number of rotatable bonds is 8. The van der Waals surface area contributed by atoms with E-state index in [-0.39, 0.29) is 11.8 Å². The summed E-state index contributed by atoms with van der Waals surface area (Å²) < 4.78 is 5.19. The fourth-order valence-corrected chi connectivity index (χ4v) is 4.77. The zero-order chi connectivity index (χ0) is 23.9. The van der Waals surface area contributed by atoms with Gasteiger partial charge in [-0.3, -0.25) is 14.6 Å². The smallest absolute Gasteiger partial charge is 0.244 e. The van der Waals surface area contributed by atoms with Gasteiger partial charge in [-0.05, 0) is 71.7 Å². The van der Waals surface area contributed by atoms with Crippen molar-refractivity contribution in [3.05, 3.63) is 86.9 Å². The highest BCUT2D eigenvalue weighted by Crippen LogP contribution is 2.25. The van der Waals surface area contributed by atoms with Gasteiger partial charge in [-0.2, -0.15) is 0 Å². The molecule has 0 spiro atoms. The fraction of sp³-hybridized carbons (Fsp3) is 0.296. The summed E-state index contributed by atoms with van der Waals surface area (Å²) in [6.45, 7) is 3.64. The fourth-order valence-electron chi connectivity index (χ4n) is 4.15. The van der Waals surface area contributed by atoms with Crippen molar-refractivity contribution in [3.8, 4) is 5.75 Å². The number of pyridine rings is 1. The van der Waals surface area contributed by atoms with E-state index < -0.39 is 0 Å². The zero-order valence-corrected chi connectivity index (χ0v) is 20.4. The minimum atomic E-state index is -0.128. The predicted octanol–water partition coefficient (Wildman–Crippen LogP) is 4.31. The molecule has 0 unspecified atom stereocenters. The highest BCUT2D eigenvalue weighted by Gasteiger charge is 2.23. The van der Waals surface area contributed by atoms with Crippen LogP contribution in [0.1, 0.15) is 39.2 Å². The van der Waals surface area contributed by atoms with Crippen molar-refractivity contribution in [2.75, 3.05) is 13.7 Å². The minimum absolute atomic E-state index is 0.128. The number of methoxy groups -OCH3 is 1. The second kappa shape index (κ2) is 11.1. The molecule has 1 aromatic carbocycles. The monoisotopic (exact) mass is 475 g/mol. The quantitative estimate of drug-likeness (QED) is 0.493. The van der Waals surface area contributed by atoms with Crippen molar-refractivity contribution >= 4 is 29.2 Å². The molecule has 3 aromatic rings. The van der Waals surface area contributed by atoms with Crippen molar-refractivity contribution in [1.29, 1.82) is 0 Å². The summed E-state index contributed by atoms with van der Waals surface area (Å²) in [5, 5.41) is 4.96. The Labute approximate surface area is 204 Å². The molecule has 1 aliphatic heterocycles. The zero-order valence-electron chi connectivity index (χ0n) is 19.5. The van der Waals surface area contributed by atoms with Crippen LogP contribution in [0.4, 0.5) is 0 Å². The molecule has 0 aliphatic carbocycles. The molecule has 0 saturated carbocycles. The molecule has 34 heavy (non-hydrogen) atoms. The van der Waals surface area contributed by atoms with Crippen LogP contribution in [0.2, 0.25) is 0 Å². The summed E-state index contributed by atoms with van der Waals surface area (Å²) in [4.78, 5) is 32.6. The molecule has 2 amide bonds. The third kappa shape index (κ3) is 5.91. The molecule has 0 atom stereocenters. The molecular weight excluding hydrogens is 446 g/mol. The van der Waals surface area contributed by atoms with Crippen LogP contribution in [0.5, 0.6) is 5.75 Å². The topological polar surface area (TPSA) is 71.5 Å². The van der Waals surface area contributed by atoms with Gasteiger partial charge in [-0.25, -0.2) is 0 Å².